The van der Waals surface area contributed by atoms with E-state index in [1.807, 2.05) is 6.07 Å². The number of nitrogens with zero attached hydrogens (tertiary/aromatic N) is 1. The summed E-state index contributed by atoms with van der Waals surface area (Å²) >= 11 is 0. The first-order valence-corrected chi connectivity index (χ1v) is 6.45. The number of hydrogen-bond donors (Lipinski definition) is 1. The highest BCUT2D eigenvalue weighted by molar-refractivity contribution is 5.47. The zero-order chi connectivity index (χ0) is 13.0. The van der Waals surface area contributed by atoms with Crippen molar-refractivity contribution in [2.45, 2.75) is 12.8 Å². The Balaban J connectivity index is 1.84. The van der Waals surface area contributed by atoms with Gasteiger partial charge in [0.1, 0.15) is 0 Å². The van der Waals surface area contributed by atoms with Gasteiger partial charge in [0, 0.05) is 18.3 Å². The molecule has 3 nitrogen and oxygen atoms in total. The van der Waals surface area contributed by atoms with Gasteiger partial charge in [-0.05, 0) is 51.0 Å². The first-order valence-electron chi connectivity index (χ1n) is 6.45. The highest BCUT2D eigenvalue weighted by atomic mass is 19.1. The molecule has 0 radical (unpaired) electrons. The first-order chi connectivity index (χ1) is 8.69. The number of hydrogen-bond acceptors (Lipinski definition) is 3. The highest BCUT2D eigenvalue weighted by Crippen LogP contribution is 2.22. The molecular formula is C14H21FN2O. The topological polar surface area (TPSA) is 24.5 Å². The summed E-state index contributed by atoms with van der Waals surface area (Å²) in [6.45, 7) is 3.23. The number of piperidine rings is 1. The average molecular weight is 252 g/mol. The summed E-state index contributed by atoms with van der Waals surface area (Å²) in [6, 6.07) is 5.01. The second-order valence-electron chi connectivity index (χ2n) is 4.98. The lowest BCUT2D eigenvalue weighted by Crippen LogP contribution is -2.32. The molecule has 1 aromatic rings. The van der Waals surface area contributed by atoms with E-state index in [1.54, 1.807) is 6.07 Å². The van der Waals surface area contributed by atoms with Crippen molar-refractivity contribution in [3.05, 3.63) is 24.0 Å². The molecular weight excluding hydrogens is 231 g/mol. The lowest BCUT2D eigenvalue weighted by Gasteiger charge is -2.29. The zero-order valence-corrected chi connectivity index (χ0v) is 11.1. The minimum atomic E-state index is -0.314. The summed E-state index contributed by atoms with van der Waals surface area (Å²) in [6.07, 6.45) is 2.42. The van der Waals surface area contributed by atoms with E-state index in [9.17, 15) is 4.39 Å². The monoisotopic (exact) mass is 252 g/mol. The van der Waals surface area contributed by atoms with Gasteiger partial charge in [-0.3, -0.25) is 0 Å². The summed E-state index contributed by atoms with van der Waals surface area (Å²) in [4.78, 5) is 2.35. The fourth-order valence-corrected chi connectivity index (χ4v) is 2.30. The maximum Gasteiger partial charge on any atom is 0.167 e. The molecule has 1 aliphatic rings. The number of methoxy groups -OCH3 is 1. The fraction of sp³-hybridized carbons (Fsp3) is 0.571. The third kappa shape index (κ3) is 3.35. The van der Waals surface area contributed by atoms with Crippen LogP contribution in [0.2, 0.25) is 0 Å². The number of ether oxygens (including phenoxy) is 1. The Morgan fingerprint density at radius 3 is 2.72 bits per heavy atom. The van der Waals surface area contributed by atoms with Gasteiger partial charge in [0.25, 0.3) is 0 Å². The van der Waals surface area contributed by atoms with Crippen LogP contribution in [-0.4, -0.2) is 38.7 Å². The highest BCUT2D eigenvalue weighted by Gasteiger charge is 2.16. The number of likely N-dealkylation sites (tertiary alicyclic amines) is 1. The van der Waals surface area contributed by atoms with Gasteiger partial charge >= 0.3 is 0 Å². The minimum Gasteiger partial charge on any atom is -0.494 e. The van der Waals surface area contributed by atoms with E-state index in [4.69, 9.17) is 4.74 Å². The van der Waals surface area contributed by atoms with Crippen molar-refractivity contribution in [3.8, 4) is 5.75 Å². The lowest BCUT2D eigenvalue weighted by atomic mass is 9.97. The molecule has 1 heterocycles. The van der Waals surface area contributed by atoms with Gasteiger partial charge in [0.05, 0.1) is 7.11 Å². The van der Waals surface area contributed by atoms with Gasteiger partial charge in [-0.25, -0.2) is 4.39 Å². The molecule has 1 aromatic carbocycles. The number of benzene rings is 1. The van der Waals surface area contributed by atoms with Gasteiger partial charge < -0.3 is 15.0 Å². The molecule has 0 aliphatic carbocycles. The summed E-state index contributed by atoms with van der Waals surface area (Å²) in [5.41, 5.74) is 0.826. The van der Waals surface area contributed by atoms with Crippen molar-refractivity contribution in [1.82, 2.24) is 4.90 Å². The number of rotatable bonds is 4. The molecule has 4 heteroatoms. The van der Waals surface area contributed by atoms with Crippen molar-refractivity contribution in [2.24, 2.45) is 5.92 Å². The molecule has 1 fully saturated rings. The Hall–Kier alpha value is -1.29. The maximum absolute atomic E-state index is 13.5. The van der Waals surface area contributed by atoms with Crippen molar-refractivity contribution in [1.29, 1.82) is 0 Å². The molecule has 2 rings (SSSR count). The Morgan fingerprint density at radius 1 is 1.39 bits per heavy atom. The minimum absolute atomic E-state index is 0.292. The van der Waals surface area contributed by atoms with Gasteiger partial charge in [-0.1, -0.05) is 0 Å². The van der Waals surface area contributed by atoms with Gasteiger partial charge in [0.15, 0.2) is 11.6 Å². The van der Waals surface area contributed by atoms with Crippen molar-refractivity contribution in [2.75, 3.05) is 39.1 Å². The summed E-state index contributed by atoms with van der Waals surface area (Å²) in [7, 11) is 3.63. The predicted octanol–water partition coefficient (Wildman–Crippen LogP) is 2.59. The molecule has 0 bridgehead atoms. The van der Waals surface area contributed by atoms with Gasteiger partial charge in [-0.2, -0.15) is 0 Å². The molecule has 0 amide bonds. The van der Waals surface area contributed by atoms with Crippen LogP contribution in [0.1, 0.15) is 12.8 Å². The SMILES string of the molecule is COc1ccc(NCC2CCN(C)CC2)cc1F. The van der Waals surface area contributed by atoms with Crippen LogP contribution in [-0.2, 0) is 0 Å². The van der Waals surface area contributed by atoms with E-state index in [2.05, 4.69) is 17.3 Å². The van der Waals surface area contributed by atoms with Gasteiger partial charge in [0.2, 0.25) is 0 Å². The third-order valence-electron chi connectivity index (χ3n) is 3.58. The fourth-order valence-electron chi connectivity index (χ4n) is 2.30. The van der Waals surface area contributed by atoms with E-state index in [0.29, 0.717) is 11.7 Å². The Kier molecular flexibility index (Phi) is 4.42. The van der Waals surface area contributed by atoms with Gasteiger partial charge in [-0.15, -0.1) is 0 Å². The molecule has 0 aromatic heterocycles. The largest absolute Gasteiger partial charge is 0.494 e. The maximum atomic E-state index is 13.5. The first kappa shape index (κ1) is 13.1. The lowest BCUT2D eigenvalue weighted by molar-refractivity contribution is 0.226. The molecule has 0 saturated carbocycles. The summed E-state index contributed by atoms with van der Waals surface area (Å²) in [5.74, 6) is 0.664. The van der Waals surface area contributed by atoms with Crippen LogP contribution >= 0.6 is 0 Å². The van der Waals surface area contributed by atoms with Crippen LogP contribution in [0.25, 0.3) is 0 Å². The average Bonchev–Trinajstić information content (AvgIpc) is 2.38. The van der Waals surface area contributed by atoms with Crippen LogP contribution in [0, 0.1) is 11.7 Å². The van der Waals surface area contributed by atoms with Crippen molar-refractivity contribution >= 4 is 5.69 Å². The van der Waals surface area contributed by atoms with E-state index in [0.717, 1.165) is 25.3 Å². The van der Waals surface area contributed by atoms with Crippen molar-refractivity contribution in [3.63, 3.8) is 0 Å². The Bertz CT molecular complexity index is 389. The molecule has 1 saturated heterocycles. The van der Waals surface area contributed by atoms with Crippen LogP contribution < -0.4 is 10.1 Å². The quantitative estimate of drug-likeness (QED) is 0.891. The molecule has 100 valence electrons. The predicted molar refractivity (Wildman–Crippen MR) is 71.7 cm³/mol. The molecule has 18 heavy (non-hydrogen) atoms. The van der Waals surface area contributed by atoms with Crippen LogP contribution in [0.5, 0.6) is 5.75 Å². The van der Waals surface area contributed by atoms with Crippen LogP contribution in [0.15, 0.2) is 18.2 Å². The Morgan fingerprint density at radius 2 is 2.11 bits per heavy atom. The van der Waals surface area contributed by atoms with E-state index >= 15 is 0 Å². The van der Waals surface area contributed by atoms with E-state index in [1.165, 1.54) is 26.0 Å². The third-order valence-corrected chi connectivity index (χ3v) is 3.58. The normalized spacial score (nSPS) is 17.7. The molecule has 1 aliphatic heterocycles. The van der Waals surface area contributed by atoms with E-state index in [-0.39, 0.29) is 5.82 Å². The number of halogens is 1. The molecule has 1 N–H and O–H groups in total. The summed E-state index contributed by atoms with van der Waals surface area (Å²) < 4.78 is 18.4. The second-order valence-corrected chi connectivity index (χ2v) is 4.98. The van der Waals surface area contributed by atoms with E-state index < -0.39 is 0 Å². The molecule has 0 spiro atoms. The van der Waals surface area contributed by atoms with Crippen LogP contribution in [0.4, 0.5) is 10.1 Å². The van der Waals surface area contributed by atoms with Crippen LogP contribution in [0.3, 0.4) is 0 Å². The smallest absolute Gasteiger partial charge is 0.167 e. The Labute approximate surface area is 108 Å². The zero-order valence-electron chi connectivity index (χ0n) is 11.1. The standard InChI is InChI=1S/C14H21FN2O/c1-17-7-5-11(6-8-17)10-16-12-3-4-14(18-2)13(15)9-12/h3-4,9,11,16H,5-8,10H2,1-2H3. The molecule has 0 unspecified atom stereocenters. The second kappa shape index (κ2) is 6.05. The van der Waals surface area contributed by atoms with Crippen molar-refractivity contribution < 1.29 is 9.13 Å². The molecule has 0 atom stereocenters. The number of nitrogens with one attached hydrogen (secondary N) is 1. The number of anilines is 1. The summed E-state index contributed by atoms with van der Waals surface area (Å²) in [5, 5.41) is 3.31.